The highest BCUT2D eigenvalue weighted by atomic mass is 16.4. The Labute approximate surface area is 124 Å². The Morgan fingerprint density at radius 2 is 2.05 bits per heavy atom. The molecule has 0 aliphatic rings. The van der Waals surface area contributed by atoms with Crippen molar-refractivity contribution in [3.05, 3.63) is 59.0 Å². The average Bonchev–Trinajstić information content (AvgIpc) is 2.89. The Morgan fingerprint density at radius 3 is 2.62 bits per heavy atom. The van der Waals surface area contributed by atoms with Crippen molar-refractivity contribution in [2.75, 3.05) is 6.61 Å². The van der Waals surface area contributed by atoms with E-state index in [0.717, 1.165) is 23.3 Å². The summed E-state index contributed by atoms with van der Waals surface area (Å²) in [6.45, 7) is 3.86. The van der Waals surface area contributed by atoms with Crippen molar-refractivity contribution in [1.29, 1.82) is 0 Å². The predicted molar refractivity (Wildman–Crippen MR) is 81.2 cm³/mol. The number of aliphatic hydroxyl groups excluding tert-OH is 1. The summed E-state index contributed by atoms with van der Waals surface area (Å²) < 4.78 is 5.57. The number of rotatable bonds is 6. The Kier molecular flexibility index (Phi) is 5.17. The molecule has 4 heteroatoms. The largest absolute Gasteiger partial charge is 0.456 e. The van der Waals surface area contributed by atoms with Crippen LogP contribution in [0.25, 0.3) is 0 Å². The maximum atomic E-state index is 12.4. The van der Waals surface area contributed by atoms with Gasteiger partial charge in [0.15, 0.2) is 5.76 Å². The Balaban J connectivity index is 2.16. The SMILES string of the molecule is CCc1cc(C)c(C(=O)NC(CCO)c2ccccc2)o1. The van der Waals surface area contributed by atoms with E-state index in [1.54, 1.807) is 0 Å². The highest BCUT2D eigenvalue weighted by Crippen LogP contribution is 2.19. The minimum atomic E-state index is -0.241. The van der Waals surface area contributed by atoms with Gasteiger partial charge in [0.05, 0.1) is 6.04 Å². The van der Waals surface area contributed by atoms with Crippen LogP contribution in [-0.2, 0) is 6.42 Å². The zero-order valence-electron chi connectivity index (χ0n) is 12.4. The van der Waals surface area contributed by atoms with Crippen molar-refractivity contribution in [3.8, 4) is 0 Å². The summed E-state index contributed by atoms with van der Waals surface area (Å²) in [6.07, 6.45) is 1.23. The van der Waals surface area contributed by atoms with E-state index in [0.29, 0.717) is 12.2 Å². The van der Waals surface area contributed by atoms with E-state index in [-0.39, 0.29) is 18.6 Å². The van der Waals surface area contributed by atoms with Crippen molar-refractivity contribution >= 4 is 5.91 Å². The van der Waals surface area contributed by atoms with E-state index in [1.165, 1.54) is 0 Å². The lowest BCUT2D eigenvalue weighted by Crippen LogP contribution is -2.29. The summed E-state index contributed by atoms with van der Waals surface area (Å²) in [7, 11) is 0. The molecule has 0 fully saturated rings. The molecule has 21 heavy (non-hydrogen) atoms. The maximum absolute atomic E-state index is 12.4. The van der Waals surface area contributed by atoms with Crippen LogP contribution in [0.5, 0.6) is 0 Å². The van der Waals surface area contributed by atoms with Gasteiger partial charge in [-0.2, -0.15) is 0 Å². The molecule has 1 amide bonds. The molecule has 0 aliphatic heterocycles. The van der Waals surface area contributed by atoms with Gasteiger partial charge in [0.25, 0.3) is 5.91 Å². The lowest BCUT2D eigenvalue weighted by molar-refractivity contribution is 0.0899. The van der Waals surface area contributed by atoms with Crippen LogP contribution in [-0.4, -0.2) is 17.6 Å². The second kappa shape index (κ2) is 7.09. The summed E-state index contributed by atoms with van der Waals surface area (Å²) in [5, 5.41) is 12.1. The molecule has 1 aromatic heterocycles. The van der Waals surface area contributed by atoms with Gasteiger partial charge in [0.1, 0.15) is 5.76 Å². The van der Waals surface area contributed by atoms with Gasteiger partial charge in [0.2, 0.25) is 0 Å². The summed E-state index contributed by atoms with van der Waals surface area (Å²) in [5.74, 6) is 0.913. The van der Waals surface area contributed by atoms with Gasteiger partial charge in [-0.3, -0.25) is 4.79 Å². The first kappa shape index (κ1) is 15.3. The van der Waals surface area contributed by atoms with Gasteiger partial charge in [-0.15, -0.1) is 0 Å². The van der Waals surface area contributed by atoms with E-state index in [2.05, 4.69) is 5.32 Å². The Hall–Kier alpha value is -2.07. The molecule has 0 spiro atoms. The molecule has 112 valence electrons. The molecule has 0 saturated carbocycles. The molecule has 0 bridgehead atoms. The van der Waals surface area contributed by atoms with Crippen molar-refractivity contribution in [2.24, 2.45) is 0 Å². The van der Waals surface area contributed by atoms with Crippen molar-refractivity contribution in [1.82, 2.24) is 5.32 Å². The lowest BCUT2D eigenvalue weighted by Gasteiger charge is -2.17. The van der Waals surface area contributed by atoms with Crippen LogP contribution < -0.4 is 5.32 Å². The third-order valence-corrected chi connectivity index (χ3v) is 3.45. The van der Waals surface area contributed by atoms with Crippen LogP contribution in [0.4, 0.5) is 0 Å². The number of carbonyl (C=O) groups is 1. The monoisotopic (exact) mass is 287 g/mol. The number of furan rings is 1. The molecule has 2 aromatic rings. The molecule has 1 unspecified atom stereocenters. The molecule has 1 heterocycles. The third kappa shape index (κ3) is 3.73. The number of aryl methyl sites for hydroxylation is 2. The molecular formula is C17H21NO3. The number of carbonyl (C=O) groups excluding carboxylic acids is 1. The minimum Gasteiger partial charge on any atom is -0.456 e. The van der Waals surface area contributed by atoms with E-state index in [9.17, 15) is 9.90 Å². The summed E-state index contributed by atoms with van der Waals surface area (Å²) >= 11 is 0. The third-order valence-electron chi connectivity index (χ3n) is 3.45. The molecule has 2 rings (SSSR count). The van der Waals surface area contributed by atoms with Crippen LogP contribution in [0.3, 0.4) is 0 Å². The van der Waals surface area contributed by atoms with Crippen molar-refractivity contribution < 1.29 is 14.3 Å². The van der Waals surface area contributed by atoms with Gasteiger partial charge in [0, 0.05) is 18.6 Å². The van der Waals surface area contributed by atoms with Gasteiger partial charge in [-0.25, -0.2) is 0 Å². The van der Waals surface area contributed by atoms with Crippen molar-refractivity contribution in [2.45, 2.75) is 32.7 Å². The van der Waals surface area contributed by atoms with E-state index in [4.69, 9.17) is 4.42 Å². The van der Waals surface area contributed by atoms with E-state index >= 15 is 0 Å². The van der Waals surface area contributed by atoms with Gasteiger partial charge in [-0.1, -0.05) is 37.3 Å². The Bertz CT molecular complexity index is 589. The number of nitrogens with one attached hydrogen (secondary N) is 1. The molecule has 0 radical (unpaired) electrons. The van der Waals surface area contributed by atoms with Gasteiger partial charge < -0.3 is 14.8 Å². The summed E-state index contributed by atoms with van der Waals surface area (Å²) in [5.41, 5.74) is 1.81. The highest BCUT2D eigenvalue weighted by Gasteiger charge is 2.20. The minimum absolute atomic E-state index is 0.0111. The fourth-order valence-electron chi connectivity index (χ4n) is 2.31. The van der Waals surface area contributed by atoms with Crippen LogP contribution in [0.1, 0.15) is 46.8 Å². The smallest absolute Gasteiger partial charge is 0.287 e. The number of aliphatic hydroxyl groups is 1. The zero-order valence-corrected chi connectivity index (χ0v) is 12.4. The fourth-order valence-corrected chi connectivity index (χ4v) is 2.31. The number of benzene rings is 1. The standard InChI is InChI=1S/C17H21NO3/c1-3-14-11-12(2)16(21-14)17(20)18-15(9-10-19)13-7-5-4-6-8-13/h4-8,11,15,19H,3,9-10H2,1-2H3,(H,18,20). The van der Waals surface area contributed by atoms with Gasteiger partial charge >= 0.3 is 0 Å². The summed E-state index contributed by atoms with van der Waals surface area (Å²) in [4.78, 5) is 12.4. The first-order valence-corrected chi connectivity index (χ1v) is 7.21. The number of amides is 1. The van der Waals surface area contributed by atoms with Crippen LogP contribution in [0, 0.1) is 6.92 Å². The topological polar surface area (TPSA) is 62.5 Å². The zero-order chi connectivity index (χ0) is 15.2. The fraction of sp³-hybridized carbons (Fsp3) is 0.353. The van der Waals surface area contributed by atoms with Crippen LogP contribution >= 0.6 is 0 Å². The molecule has 1 atom stereocenters. The molecule has 0 saturated heterocycles. The predicted octanol–water partition coefficient (Wildman–Crippen LogP) is 3.00. The average molecular weight is 287 g/mol. The van der Waals surface area contributed by atoms with Crippen LogP contribution in [0.2, 0.25) is 0 Å². The van der Waals surface area contributed by atoms with Crippen LogP contribution in [0.15, 0.2) is 40.8 Å². The van der Waals surface area contributed by atoms with Gasteiger partial charge in [-0.05, 0) is 25.0 Å². The number of hydrogen-bond acceptors (Lipinski definition) is 3. The van der Waals surface area contributed by atoms with E-state index in [1.807, 2.05) is 50.2 Å². The molecule has 0 aliphatic carbocycles. The molecular weight excluding hydrogens is 266 g/mol. The molecule has 1 aromatic carbocycles. The lowest BCUT2D eigenvalue weighted by atomic mass is 10.0. The molecule has 4 nitrogen and oxygen atoms in total. The summed E-state index contributed by atoms with van der Waals surface area (Å²) in [6, 6.07) is 11.3. The quantitative estimate of drug-likeness (QED) is 0.858. The second-order valence-corrected chi connectivity index (χ2v) is 5.03. The normalized spacial score (nSPS) is 12.1. The first-order valence-electron chi connectivity index (χ1n) is 7.21. The van der Waals surface area contributed by atoms with E-state index < -0.39 is 0 Å². The Morgan fingerprint density at radius 1 is 1.33 bits per heavy atom. The second-order valence-electron chi connectivity index (χ2n) is 5.03. The van der Waals surface area contributed by atoms with Crippen molar-refractivity contribution in [3.63, 3.8) is 0 Å². The number of hydrogen-bond donors (Lipinski definition) is 2. The first-order chi connectivity index (χ1) is 10.2. The highest BCUT2D eigenvalue weighted by molar-refractivity contribution is 5.93. The maximum Gasteiger partial charge on any atom is 0.287 e. The molecule has 2 N–H and O–H groups in total.